The lowest BCUT2D eigenvalue weighted by Crippen LogP contribution is -2.29. The highest BCUT2D eigenvalue weighted by atomic mass is 31.2. The van der Waals surface area contributed by atoms with E-state index >= 15 is 0 Å². The Kier molecular flexibility index (Phi) is 66.3. The van der Waals surface area contributed by atoms with Crippen molar-refractivity contribution in [3.63, 3.8) is 0 Å². The maximum Gasteiger partial charge on any atom is 0.472 e. The van der Waals surface area contributed by atoms with Crippen LogP contribution in [-0.2, 0) is 32.7 Å². The van der Waals surface area contributed by atoms with Gasteiger partial charge in [-0.25, -0.2) is 4.57 Å². The molecule has 0 saturated carbocycles. The first kappa shape index (κ1) is 82.1. The highest BCUT2D eigenvalue weighted by Gasteiger charge is 2.26. The van der Waals surface area contributed by atoms with Gasteiger partial charge in [0.1, 0.15) is 6.61 Å². The third kappa shape index (κ3) is 70.1. The lowest BCUT2D eigenvalue weighted by atomic mass is 10.0. The van der Waals surface area contributed by atoms with E-state index in [4.69, 9.17) is 24.3 Å². The SMILES string of the molecule is CC/C=C\C/C=C\C/C=C\C/C=C\C/C=C\C/C=C\C/C=C\C/C=C\C/C=C\C/C=C\CCCCCCCCCCCCC(=O)OC(COC(=O)CCCCCCCCCCC/C=C\C/C=C\C/C=C\C/C=C\C/C=C\CC)COP(=O)(O)OCCN. The Labute approximate surface area is 533 Å². The molecular weight excluding hydrogens is 1100 g/mol. The molecule has 0 rings (SSSR count). The quantitative estimate of drug-likeness (QED) is 0.0264. The van der Waals surface area contributed by atoms with Gasteiger partial charge in [-0.05, 0) is 135 Å². The second-order valence-electron chi connectivity index (χ2n) is 21.9. The Hall–Kier alpha value is -4.89. The lowest BCUT2D eigenvalue weighted by Gasteiger charge is -2.19. The summed E-state index contributed by atoms with van der Waals surface area (Å²) in [6, 6.07) is 0. The van der Waals surface area contributed by atoms with E-state index in [9.17, 15) is 19.0 Å². The smallest absolute Gasteiger partial charge is 0.462 e. The Morgan fingerprint density at radius 3 is 0.885 bits per heavy atom. The van der Waals surface area contributed by atoms with Crippen LogP contribution >= 0.6 is 7.82 Å². The molecule has 0 heterocycles. The van der Waals surface area contributed by atoms with Crippen LogP contribution in [0.4, 0.5) is 0 Å². The number of phosphoric ester groups is 1. The molecule has 2 unspecified atom stereocenters. The van der Waals surface area contributed by atoms with Gasteiger partial charge in [0.15, 0.2) is 6.10 Å². The molecule has 87 heavy (non-hydrogen) atoms. The van der Waals surface area contributed by atoms with E-state index in [0.29, 0.717) is 6.42 Å². The second kappa shape index (κ2) is 70.2. The van der Waals surface area contributed by atoms with E-state index in [0.717, 1.165) is 154 Å². The number of hydrogen-bond donors (Lipinski definition) is 2. The Balaban J connectivity index is 3.98. The van der Waals surface area contributed by atoms with Gasteiger partial charge in [-0.2, -0.15) is 0 Å². The molecule has 9 nitrogen and oxygen atoms in total. The normalized spacial score (nSPS) is 14.1. The van der Waals surface area contributed by atoms with Gasteiger partial charge in [0.2, 0.25) is 0 Å². The van der Waals surface area contributed by atoms with Crippen LogP contribution in [0.3, 0.4) is 0 Å². The Bertz CT molecular complexity index is 2080. The number of ether oxygens (including phenoxy) is 2. The van der Waals surface area contributed by atoms with Gasteiger partial charge >= 0.3 is 19.8 Å². The summed E-state index contributed by atoms with van der Waals surface area (Å²) in [7, 11) is -4.41. The number of carbonyl (C=O) groups excluding carboxylic acids is 2. The van der Waals surface area contributed by atoms with Crippen LogP contribution in [0.5, 0.6) is 0 Å². The largest absolute Gasteiger partial charge is 0.472 e. The predicted molar refractivity (Wildman–Crippen MR) is 376 cm³/mol. The summed E-state index contributed by atoms with van der Waals surface area (Å²) in [4.78, 5) is 35.3. The third-order valence-corrected chi connectivity index (χ3v) is 14.8. The van der Waals surface area contributed by atoms with Crippen LogP contribution in [0.15, 0.2) is 182 Å². The van der Waals surface area contributed by atoms with Crippen LogP contribution < -0.4 is 5.73 Å². The molecule has 0 amide bonds. The predicted octanol–water partition coefficient (Wildman–Crippen LogP) is 22.7. The van der Waals surface area contributed by atoms with Crippen molar-refractivity contribution in [2.45, 2.75) is 264 Å². The molecule has 0 aromatic heterocycles. The zero-order chi connectivity index (χ0) is 63.0. The standard InChI is InChI=1S/C77H124NO8P/c1-3-5-7-9-11-13-15-17-19-21-23-25-27-29-30-31-32-33-34-35-36-37-38-39-40-41-42-43-44-46-48-50-52-54-56-58-60-62-64-66-68-70-77(80)86-75(74-85-87(81,82)84-72-71-78)73-83-76(79)69-67-65-63-61-59-57-55-53-51-49-47-45-28-26-24-22-20-18-16-14-12-10-8-6-4-2/h5-8,11-14,17-20,23-26,29-30,32-33,35-36,38-39,41-42,44-47,75H,3-4,9-10,15-16,21-22,27-28,31,34,37,40,43,48-74,78H2,1-2H3,(H,81,82)/b7-5-,8-6-,13-11-,14-12-,19-17-,20-18-,25-23-,26-24-,30-29-,33-32-,36-35-,39-38-,42-41-,46-44-,47-45-. The van der Waals surface area contributed by atoms with E-state index in [1.54, 1.807) is 0 Å². The molecule has 0 saturated heterocycles. The summed E-state index contributed by atoms with van der Waals surface area (Å²) in [5.41, 5.74) is 5.40. The molecule has 0 aliphatic rings. The van der Waals surface area contributed by atoms with E-state index in [2.05, 4.69) is 196 Å². The number of phosphoric acid groups is 1. The summed E-state index contributed by atoms with van der Waals surface area (Å²) < 4.78 is 33.1. The minimum Gasteiger partial charge on any atom is -0.462 e. The molecular formula is C77H124NO8P. The number of unbranched alkanes of at least 4 members (excludes halogenated alkanes) is 19. The molecule has 3 N–H and O–H groups in total. The summed E-state index contributed by atoms with van der Waals surface area (Å²) in [6.07, 6.45) is 105. The number of nitrogens with two attached hydrogens (primary N) is 1. The zero-order valence-corrected chi connectivity index (χ0v) is 55.8. The topological polar surface area (TPSA) is 134 Å². The van der Waals surface area contributed by atoms with Crippen LogP contribution in [0.1, 0.15) is 258 Å². The molecule has 0 bridgehead atoms. The van der Waals surface area contributed by atoms with Crippen molar-refractivity contribution in [3.05, 3.63) is 182 Å². The van der Waals surface area contributed by atoms with Gasteiger partial charge in [-0.1, -0.05) is 292 Å². The number of esters is 2. The minimum absolute atomic E-state index is 0.0430. The summed E-state index contributed by atoms with van der Waals surface area (Å²) >= 11 is 0. The monoisotopic (exact) mass is 1220 g/mol. The molecule has 10 heteroatoms. The highest BCUT2D eigenvalue weighted by Crippen LogP contribution is 2.43. The summed E-state index contributed by atoms with van der Waals surface area (Å²) in [6.45, 7) is 3.49. The average Bonchev–Trinajstić information content (AvgIpc) is 3.65. The minimum atomic E-state index is -4.41. The fourth-order valence-corrected chi connectivity index (χ4v) is 9.57. The van der Waals surface area contributed by atoms with Crippen LogP contribution in [0.2, 0.25) is 0 Å². The van der Waals surface area contributed by atoms with Crippen LogP contribution in [0, 0.1) is 0 Å². The highest BCUT2D eigenvalue weighted by molar-refractivity contribution is 7.47. The maximum atomic E-state index is 12.8. The Morgan fingerprint density at radius 2 is 0.598 bits per heavy atom. The van der Waals surface area contributed by atoms with Gasteiger partial charge in [0.05, 0.1) is 13.2 Å². The van der Waals surface area contributed by atoms with E-state index in [1.165, 1.54) is 70.6 Å². The summed E-state index contributed by atoms with van der Waals surface area (Å²) in [5, 5.41) is 0. The average molecular weight is 1220 g/mol. The van der Waals surface area contributed by atoms with Gasteiger partial charge in [-0.3, -0.25) is 18.6 Å². The van der Waals surface area contributed by atoms with E-state index in [-0.39, 0.29) is 32.6 Å². The first-order chi connectivity index (χ1) is 42.8. The van der Waals surface area contributed by atoms with E-state index in [1.807, 2.05) is 0 Å². The van der Waals surface area contributed by atoms with Crippen LogP contribution in [-0.4, -0.2) is 49.3 Å². The van der Waals surface area contributed by atoms with Crippen molar-refractivity contribution in [2.75, 3.05) is 26.4 Å². The fraction of sp³-hybridized carbons (Fsp3) is 0.584. The van der Waals surface area contributed by atoms with Crippen molar-refractivity contribution in [1.29, 1.82) is 0 Å². The maximum absolute atomic E-state index is 12.8. The number of rotatable bonds is 62. The van der Waals surface area contributed by atoms with E-state index < -0.39 is 32.5 Å². The third-order valence-electron chi connectivity index (χ3n) is 13.8. The molecule has 0 aliphatic heterocycles. The van der Waals surface area contributed by atoms with Gasteiger partial charge < -0.3 is 20.1 Å². The molecule has 0 fully saturated rings. The van der Waals surface area contributed by atoms with Crippen molar-refractivity contribution in [1.82, 2.24) is 0 Å². The van der Waals surface area contributed by atoms with Crippen molar-refractivity contribution < 1.29 is 37.6 Å². The number of hydrogen-bond acceptors (Lipinski definition) is 8. The molecule has 0 aliphatic carbocycles. The molecule has 0 aromatic rings. The molecule has 490 valence electrons. The first-order valence-electron chi connectivity index (χ1n) is 34.3. The zero-order valence-electron chi connectivity index (χ0n) is 54.9. The Morgan fingerprint density at radius 1 is 0.345 bits per heavy atom. The van der Waals surface area contributed by atoms with Crippen molar-refractivity contribution >= 4 is 19.8 Å². The first-order valence-corrected chi connectivity index (χ1v) is 35.8. The van der Waals surface area contributed by atoms with Gasteiger partial charge in [0, 0.05) is 19.4 Å². The van der Waals surface area contributed by atoms with Crippen LogP contribution in [0.25, 0.3) is 0 Å². The van der Waals surface area contributed by atoms with Gasteiger partial charge in [0.25, 0.3) is 0 Å². The van der Waals surface area contributed by atoms with Crippen molar-refractivity contribution in [3.8, 4) is 0 Å². The summed E-state index contributed by atoms with van der Waals surface area (Å²) in [5.74, 6) is -0.849. The fourth-order valence-electron chi connectivity index (χ4n) is 8.81. The second-order valence-corrected chi connectivity index (χ2v) is 23.4. The number of carbonyl (C=O) groups is 2. The number of allylic oxidation sites excluding steroid dienone is 30. The molecule has 0 radical (unpaired) electrons. The molecule has 0 spiro atoms. The lowest BCUT2D eigenvalue weighted by molar-refractivity contribution is -0.161. The molecule has 2 atom stereocenters. The van der Waals surface area contributed by atoms with Gasteiger partial charge in [-0.15, -0.1) is 0 Å². The van der Waals surface area contributed by atoms with Crippen molar-refractivity contribution in [2.24, 2.45) is 5.73 Å². The molecule has 0 aromatic carbocycles.